The van der Waals surface area contributed by atoms with Crippen LogP contribution in [-0.2, 0) is 4.79 Å². The summed E-state index contributed by atoms with van der Waals surface area (Å²) in [6.07, 6.45) is 3.36. The summed E-state index contributed by atoms with van der Waals surface area (Å²) in [7, 11) is 1.70. The van der Waals surface area contributed by atoms with Crippen LogP contribution in [0.1, 0.15) is 33.1 Å². The largest absolute Gasteiger partial charge is 0.358 e. The van der Waals surface area contributed by atoms with Crippen LogP contribution in [0.3, 0.4) is 0 Å². The second-order valence-corrected chi connectivity index (χ2v) is 5.00. The van der Waals surface area contributed by atoms with E-state index >= 15 is 0 Å². The first-order valence-electron chi connectivity index (χ1n) is 6.31. The lowest BCUT2D eigenvalue weighted by Gasteiger charge is -2.21. The van der Waals surface area contributed by atoms with Crippen LogP contribution in [0.2, 0.25) is 0 Å². The molecule has 1 aliphatic rings. The highest BCUT2D eigenvalue weighted by molar-refractivity contribution is 5.81. The van der Waals surface area contributed by atoms with E-state index < -0.39 is 0 Å². The Bertz CT molecular complexity index is 212. The SMILES string of the molecule is CNC(=O)C(CC(C)C)NCC1CCCN1. The zero-order valence-corrected chi connectivity index (χ0v) is 10.7. The average molecular weight is 227 g/mol. The zero-order valence-electron chi connectivity index (χ0n) is 10.7. The highest BCUT2D eigenvalue weighted by Gasteiger charge is 2.20. The van der Waals surface area contributed by atoms with Crippen LogP contribution in [0.4, 0.5) is 0 Å². The molecule has 1 fully saturated rings. The summed E-state index contributed by atoms with van der Waals surface area (Å²) in [5.41, 5.74) is 0. The second kappa shape index (κ2) is 6.86. The van der Waals surface area contributed by atoms with E-state index in [0.717, 1.165) is 19.5 Å². The van der Waals surface area contributed by atoms with E-state index in [1.165, 1.54) is 12.8 Å². The van der Waals surface area contributed by atoms with Crippen molar-refractivity contribution in [2.75, 3.05) is 20.1 Å². The predicted molar refractivity (Wildman–Crippen MR) is 66.3 cm³/mol. The highest BCUT2D eigenvalue weighted by atomic mass is 16.2. The first-order valence-corrected chi connectivity index (χ1v) is 6.31. The fourth-order valence-corrected chi connectivity index (χ4v) is 2.14. The average Bonchev–Trinajstić information content (AvgIpc) is 2.75. The van der Waals surface area contributed by atoms with Gasteiger partial charge in [0.1, 0.15) is 0 Å². The van der Waals surface area contributed by atoms with Crippen LogP contribution in [-0.4, -0.2) is 38.1 Å². The standard InChI is InChI=1S/C12H25N3O/c1-9(2)7-11(12(16)13-3)15-8-10-5-4-6-14-10/h9-11,14-15H,4-8H2,1-3H3,(H,13,16). The van der Waals surface area contributed by atoms with E-state index in [1.54, 1.807) is 7.05 Å². The maximum absolute atomic E-state index is 11.7. The molecule has 0 aromatic rings. The van der Waals surface area contributed by atoms with E-state index in [2.05, 4.69) is 29.8 Å². The number of likely N-dealkylation sites (N-methyl/N-ethyl adjacent to an activating group) is 1. The van der Waals surface area contributed by atoms with E-state index in [9.17, 15) is 4.79 Å². The van der Waals surface area contributed by atoms with E-state index in [1.807, 2.05) is 0 Å². The normalized spacial score (nSPS) is 22.4. The van der Waals surface area contributed by atoms with E-state index in [0.29, 0.717) is 12.0 Å². The molecule has 0 bridgehead atoms. The molecule has 2 atom stereocenters. The number of nitrogens with one attached hydrogen (secondary N) is 3. The van der Waals surface area contributed by atoms with Gasteiger partial charge < -0.3 is 16.0 Å². The van der Waals surface area contributed by atoms with Gasteiger partial charge >= 0.3 is 0 Å². The Morgan fingerprint density at radius 2 is 2.25 bits per heavy atom. The van der Waals surface area contributed by atoms with Crippen LogP contribution in [0.5, 0.6) is 0 Å². The monoisotopic (exact) mass is 227 g/mol. The van der Waals surface area contributed by atoms with Gasteiger partial charge in [-0.3, -0.25) is 4.79 Å². The third-order valence-electron chi connectivity index (χ3n) is 3.04. The van der Waals surface area contributed by atoms with Gasteiger partial charge in [-0.2, -0.15) is 0 Å². The van der Waals surface area contributed by atoms with Crippen LogP contribution in [0.25, 0.3) is 0 Å². The molecule has 0 saturated carbocycles. The van der Waals surface area contributed by atoms with Crippen LogP contribution < -0.4 is 16.0 Å². The lowest BCUT2D eigenvalue weighted by atomic mass is 10.0. The Morgan fingerprint density at radius 3 is 2.75 bits per heavy atom. The summed E-state index contributed by atoms with van der Waals surface area (Å²) in [5.74, 6) is 0.637. The van der Waals surface area contributed by atoms with Crippen molar-refractivity contribution >= 4 is 5.91 Å². The van der Waals surface area contributed by atoms with Crippen LogP contribution in [0, 0.1) is 5.92 Å². The molecule has 0 radical (unpaired) electrons. The van der Waals surface area contributed by atoms with Crippen molar-refractivity contribution in [2.24, 2.45) is 5.92 Å². The van der Waals surface area contributed by atoms with Gasteiger partial charge in [0.2, 0.25) is 5.91 Å². The molecule has 1 rings (SSSR count). The van der Waals surface area contributed by atoms with Crippen LogP contribution in [0.15, 0.2) is 0 Å². The predicted octanol–water partition coefficient (Wildman–Crippen LogP) is 0.489. The van der Waals surface area contributed by atoms with Crippen LogP contribution >= 0.6 is 0 Å². The Kier molecular flexibility index (Phi) is 5.77. The first kappa shape index (κ1) is 13.5. The van der Waals surface area contributed by atoms with Gasteiger partial charge in [-0.15, -0.1) is 0 Å². The van der Waals surface area contributed by atoms with Crippen molar-refractivity contribution in [3.05, 3.63) is 0 Å². The van der Waals surface area contributed by atoms with Crippen molar-refractivity contribution < 1.29 is 4.79 Å². The Morgan fingerprint density at radius 1 is 1.50 bits per heavy atom. The molecule has 94 valence electrons. The molecule has 0 aliphatic carbocycles. The van der Waals surface area contributed by atoms with Crippen molar-refractivity contribution in [1.82, 2.24) is 16.0 Å². The van der Waals surface area contributed by atoms with Crippen molar-refractivity contribution in [3.63, 3.8) is 0 Å². The number of amides is 1. The molecular weight excluding hydrogens is 202 g/mol. The zero-order chi connectivity index (χ0) is 12.0. The summed E-state index contributed by atoms with van der Waals surface area (Å²) >= 11 is 0. The molecule has 1 amide bonds. The number of carbonyl (C=O) groups excluding carboxylic acids is 1. The van der Waals surface area contributed by atoms with Crippen molar-refractivity contribution in [3.8, 4) is 0 Å². The lowest BCUT2D eigenvalue weighted by Crippen LogP contribution is -2.47. The molecule has 4 nitrogen and oxygen atoms in total. The third kappa shape index (κ3) is 4.49. The highest BCUT2D eigenvalue weighted by Crippen LogP contribution is 2.07. The number of hydrogen-bond donors (Lipinski definition) is 3. The summed E-state index contributed by atoms with van der Waals surface area (Å²) in [5, 5.41) is 9.52. The Labute approximate surface area is 98.6 Å². The number of carbonyl (C=O) groups is 1. The Balaban J connectivity index is 2.33. The molecule has 0 aromatic carbocycles. The van der Waals surface area contributed by atoms with Gasteiger partial charge in [0.25, 0.3) is 0 Å². The molecule has 1 saturated heterocycles. The minimum Gasteiger partial charge on any atom is -0.358 e. The maximum atomic E-state index is 11.7. The molecule has 2 unspecified atom stereocenters. The molecule has 16 heavy (non-hydrogen) atoms. The van der Waals surface area contributed by atoms with Gasteiger partial charge in [-0.1, -0.05) is 13.8 Å². The van der Waals surface area contributed by atoms with E-state index in [4.69, 9.17) is 0 Å². The molecule has 3 N–H and O–H groups in total. The van der Waals surface area contributed by atoms with Crippen molar-refractivity contribution in [2.45, 2.75) is 45.2 Å². The smallest absolute Gasteiger partial charge is 0.236 e. The van der Waals surface area contributed by atoms with E-state index in [-0.39, 0.29) is 11.9 Å². The van der Waals surface area contributed by atoms with Gasteiger partial charge in [-0.05, 0) is 31.7 Å². The van der Waals surface area contributed by atoms with Gasteiger partial charge in [0, 0.05) is 19.6 Å². The molecule has 1 heterocycles. The summed E-state index contributed by atoms with van der Waals surface area (Å²) in [6.45, 7) is 6.29. The maximum Gasteiger partial charge on any atom is 0.236 e. The molecule has 0 aromatic heterocycles. The summed E-state index contributed by atoms with van der Waals surface area (Å²) < 4.78 is 0. The lowest BCUT2D eigenvalue weighted by molar-refractivity contribution is -0.123. The summed E-state index contributed by atoms with van der Waals surface area (Å²) in [6, 6.07) is 0.492. The Hall–Kier alpha value is -0.610. The minimum absolute atomic E-state index is 0.0487. The quantitative estimate of drug-likeness (QED) is 0.619. The number of hydrogen-bond acceptors (Lipinski definition) is 3. The first-order chi connectivity index (χ1) is 7.63. The van der Waals surface area contributed by atoms with Gasteiger partial charge in [0.15, 0.2) is 0 Å². The number of rotatable bonds is 6. The topological polar surface area (TPSA) is 53.2 Å². The molecule has 0 spiro atoms. The molecular formula is C12H25N3O. The second-order valence-electron chi connectivity index (χ2n) is 5.00. The van der Waals surface area contributed by atoms with Crippen molar-refractivity contribution in [1.29, 1.82) is 0 Å². The third-order valence-corrected chi connectivity index (χ3v) is 3.04. The minimum atomic E-state index is -0.0487. The molecule has 4 heteroatoms. The summed E-state index contributed by atoms with van der Waals surface area (Å²) in [4.78, 5) is 11.7. The molecule has 1 aliphatic heterocycles. The fourth-order valence-electron chi connectivity index (χ4n) is 2.14. The van der Waals surface area contributed by atoms with Gasteiger partial charge in [0.05, 0.1) is 6.04 Å². The van der Waals surface area contributed by atoms with Gasteiger partial charge in [-0.25, -0.2) is 0 Å². The fraction of sp³-hybridized carbons (Fsp3) is 0.917.